The molecule has 1 saturated heterocycles. The lowest BCUT2D eigenvalue weighted by molar-refractivity contribution is -0.139. The first kappa shape index (κ1) is 22.4. The van der Waals surface area contributed by atoms with Crippen molar-refractivity contribution in [3.63, 3.8) is 0 Å². The fourth-order valence-electron chi connectivity index (χ4n) is 4.75. The third-order valence-corrected chi connectivity index (χ3v) is 6.85. The maximum absolute atomic E-state index is 13.3. The molecule has 1 amide bonds. The largest absolute Gasteiger partial charge is 0.507 e. The maximum Gasteiger partial charge on any atom is 0.295 e. The van der Waals surface area contributed by atoms with E-state index < -0.39 is 17.7 Å². The van der Waals surface area contributed by atoms with Crippen LogP contribution in [0.3, 0.4) is 0 Å². The number of ketones is 1. The molecule has 0 spiro atoms. The molecule has 3 aromatic rings. The molecule has 1 fully saturated rings. The highest BCUT2D eigenvalue weighted by molar-refractivity contribution is 9.10. The van der Waals surface area contributed by atoms with Gasteiger partial charge < -0.3 is 14.7 Å². The van der Waals surface area contributed by atoms with Gasteiger partial charge in [-0.1, -0.05) is 58.4 Å². The molecule has 0 bridgehead atoms. The predicted molar refractivity (Wildman–Crippen MR) is 134 cm³/mol. The van der Waals surface area contributed by atoms with Crippen LogP contribution in [0, 0.1) is 0 Å². The molecule has 0 aliphatic carbocycles. The first-order valence-electron chi connectivity index (χ1n) is 11.3. The number of halogens is 1. The number of aliphatic hydroxyl groups is 1. The molecular weight excluding hydrogens is 494 g/mol. The van der Waals surface area contributed by atoms with E-state index >= 15 is 0 Å². The summed E-state index contributed by atoms with van der Waals surface area (Å²) in [6.07, 6.45) is 1.40. The lowest BCUT2D eigenvalue weighted by Crippen LogP contribution is -2.31. The van der Waals surface area contributed by atoms with Gasteiger partial charge in [0.25, 0.3) is 11.7 Å². The summed E-state index contributed by atoms with van der Waals surface area (Å²) in [5, 5.41) is 11.3. The van der Waals surface area contributed by atoms with E-state index in [1.54, 1.807) is 11.0 Å². The number of amides is 1. The fourth-order valence-corrected chi connectivity index (χ4v) is 5.17. The number of ether oxygens (including phenoxy) is 1. The second-order valence-corrected chi connectivity index (χ2v) is 9.65. The van der Waals surface area contributed by atoms with Crippen molar-refractivity contribution in [2.75, 3.05) is 6.54 Å². The number of carbonyl (C=O) groups is 2. The molecular formula is C28H24BrNO4. The lowest BCUT2D eigenvalue weighted by Gasteiger charge is -2.25. The fraction of sp³-hybridized carbons (Fsp3) is 0.214. The zero-order chi connectivity index (χ0) is 23.8. The van der Waals surface area contributed by atoms with Crippen LogP contribution in [-0.2, 0) is 22.4 Å². The first-order valence-corrected chi connectivity index (χ1v) is 12.1. The molecule has 3 aromatic carbocycles. The SMILES string of the molecule is CC1Cc2cc(/C(O)=C3/C(=O)C(=O)N(CCc4ccccc4)C3c3cccc(Br)c3)ccc2O1. The lowest BCUT2D eigenvalue weighted by atomic mass is 9.94. The van der Waals surface area contributed by atoms with E-state index in [2.05, 4.69) is 15.9 Å². The smallest absolute Gasteiger partial charge is 0.295 e. The monoisotopic (exact) mass is 517 g/mol. The van der Waals surface area contributed by atoms with Crippen molar-refractivity contribution < 1.29 is 19.4 Å². The van der Waals surface area contributed by atoms with Gasteiger partial charge in [0.05, 0.1) is 11.6 Å². The Labute approximate surface area is 206 Å². The Morgan fingerprint density at radius 3 is 2.62 bits per heavy atom. The molecule has 0 saturated carbocycles. The minimum absolute atomic E-state index is 0.0673. The Hall–Kier alpha value is -3.38. The molecule has 2 atom stereocenters. The van der Waals surface area contributed by atoms with Crippen LogP contribution in [-0.4, -0.2) is 34.3 Å². The van der Waals surface area contributed by atoms with Gasteiger partial charge in [-0.2, -0.15) is 0 Å². The topological polar surface area (TPSA) is 66.8 Å². The molecule has 2 aliphatic rings. The number of hydrogen-bond donors (Lipinski definition) is 1. The van der Waals surface area contributed by atoms with Crippen LogP contribution >= 0.6 is 15.9 Å². The number of fused-ring (bicyclic) bond motifs is 1. The third kappa shape index (κ3) is 4.14. The molecule has 0 radical (unpaired) electrons. The van der Waals surface area contributed by atoms with Gasteiger partial charge in [-0.05, 0) is 60.4 Å². The summed E-state index contributed by atoms with van der Waals surface area (Å²) in [5.74, 6) is -0.634. The number of nitrogens with zero attached hydrogens (tertiary/aromatic N) is 1. The van der Waals surface area contributed by atoms with Gasteiger partial charge in [-0.3, -0.25) is 9.59 Å². The molecule has 2 unspecified atom stereocenters. The van der Waals surface area contributed by atoms with Crippen LogP contribution < -0.4 is 4.74 Å². The second kappa shape index (κ2) is 9.11. The van der Waals surface area contributed by atoms with E-state index in [-0.39, 0.29) is 17.4 Å². The number of rotatable bonds is 5. The Kier molecular flexibility index (Phi) is 6.00. The van der Waals surface area contributed by atoms with E-state index in [1.807, 2.05) is 73.7 Å². The highest BCUT2D eigenvalue weighted by Gasteiger charge is 2.46. The van der Waals surface area contributed by atoms with Gasteiger partial charge >= 0.3 is 0 Å². The molecule has 6 heteroatoms. The van der Waals surface area contributed by atoms with Crippen LogP contribution in [0.1, 0.15) is 35.2 Å². The van der Waals surface area contributed by atoms with Crippen molar-refractivity contribution in [1.82, 2.24) is 4.90 Å². The van der Waals surface area contributed by atoms with Crippen molar-refractivity contribution in [2.45, 2.75) is 31.9 Å². The van der Waals surface area contributed by atoms with Gasteiger partial charge in [0.1, 0.15) is 17.6 Å². The molecule has 5 nitrogen and oxygen atoms in total. The molecule has 2 heterocycles. The van der Waals surface area contributed by atoms with Crippen LogP contribution in [0.25, 0.3) is 5.76 Å². The number of aliphatic hydroxyl groups excluding tert-OH is 1. The summed E-state index contributed by atoms with van der Waals surface area (Å²) in [6.45, 7) is 2.35. The van der Waals surface area contributed by atoms with E-state index in [0.29, 0.717) is 18.5 Å². The van der Waals surface area contributed by atoms with Gasteiger partial charge in [-0.15, -0.1) is 0 Å². The van der Waals surface area contributed by atoms with Crippen LogP contribution in [0.15, 0.2) is 82.8 Å². The van der Waals surface area contributed by atoms with Crippen LogP contribution in [0.2, 0.25) is 0 Å². The van der Waals surface area contributed by atoms with Crippen molar-refractivity contribution in [3.05, 3.63) is 105 Å². The summed E-state index contributed by atoms with van der Waals surface area (Å²) in [6, 6.07) is 22.1. The predicted octanol–water partition coefficient (Wildman–Crippen LogP) is 5.44. The van der Waals surface area contributed by atoms with Gasteiger partial charge in [0, 0.05) is 23.0 Å². The zero-order valence-corrected chi connectivity index (χ0v) is 20.3. The maximum atomic E-state index is 13.3. The van der Waals surface area contributed by atoms with E-state index in [9.17, 15) is 14.7 Å². The van der Waals surface area contributed by atoms with Crippen molar-refractivity contribution in [1.29, 1.82) is 0 Å². The number of benzene rings is 3. The number of Topliss-reactive ketones (excluding diaryl/α,β-unsaturated/α-hetero) is 1. The Morgan fingerprint density at radius 2 is 1.85 bits per heavy atom. The minimum Gasteiger partial charge on any atom is -0.507 e. The summed E-state index contributed by atoms with van der Waals surface area (Å²) >= 11 is 3.50. The molecule has 1 N–H and O–H groups in total. The highest BCUT2D eigenvalue weighted by Crippen LogP contribution is 2.41. The standard InChI is InChI=1S/C28H24BrNO4/c1-17-14-21-15-20(10-11-23(21)34-17)26(31)24-25(19-8-5-9-22(29)16-19)30(28(33)27(24)32)13-12-18-6-3-2-4-7-18/h2-11,15-17,25,31H,12-14H2,1H3/b26-24-. The zero-order valence-electron chi connectivity index (χ0n) is 18.7. The average molecular weight is 518 g/mol. The quantitative estimate of drug-likeness (QED) is 0.278. The van der Waals surface area contributed by atoms with Crippen LogP contribution in [0.4, 0.5) is 0 Å². The normalized spacial score (nSPS) is 20.9. The third-order valence-electron chi connectivity index (χ3n) is 6.36. The second-order valence-electron chi connectivity index (χ2n) is 8.74. The molecule has 0 aromatic heterocycles. The van der Waals surface area contributed by atoms with E-state index in [1.165, 1.54) is 0 Å². The summed E-state index contributed by atoms with van der Waals surface area (Å²) < 4.78 is 6.60. The van der Waals surface area contributed by atoms with Crippen molar-refractivity contribution in [3.8, 4) is 5.75 Å². The number of hydrogen-bond acceptors (Lipinski definition) is 4. The number of carbonyl (C=O) groups excluding carboxylic acids is 2. The molecule has 172 valence electrons. The van der Waals surface area contributed by atoms with E-state index in [0.717, 1.165) is 33.3 Å². The number of likely N-dealkylation sites (tertiary alicyclic amines) is 1. The van der Waals surface area contributed by atoms with Gasteiger partial charge in [0.15, 0.2) is 0 Å². The minimum atomic E-state index is -0.676. The van der Waals surface area contributed by atoms with Gasteiger partial charge in [-0.25, -0.2) is 0 Å². The van der Waals surface area contributed by atoms with Crippen molar-refractivity contribution in [2.24, 2.45) is 0 Å². The Bertz CT molecular complexity index is 1300. The Morgan fingerprint density at radius 1 is 1.06 bits per heavy atom. The van der Waals surface area contributed by atoms with Crippen molar-refractivity contribution >= 4 is 33.4 Å². The summed E-state index contributed by atoms with van der Waals surface area (Å²) in [4.78, 5) is 28.0. The Balaban J connectivity index is 1.58. The molecule has 34 heavy (non-hydrogen) atoms. The average Bonchev–Trinajstić information content (AvgIpc) is 3.33. The first-order chi connectivity index (χ1) is 16.4. The van der Waals surface area contributed by atoms with E-state index in [4.69, 9.17) is 4.74 Å². The van der Waals surface area contributed by atoms with Crippen LogP contribution in [0.5, 0.6) is 5.75 Å². The summed E-state index contributed by atoms with van der Waals surface area (Å²) in [5.41, 5.74) is 3.45. The highest BCUT2D eigenvalue weighted by atomic mass is 79.9. The molecule has 5 rings (SSSR count). The summed E-state index contributed by atoms with van der Waals surface area (Å²) in [7, 11) is 0. The molecule has 2 aliphatic heterocycles. The van der Waals surface area contributed by atoms with Gasteiger partial charge in [0.2, 0.25) is 0 Å².